The highest BCUT2D eigenvalue weighted by molar-refractivity contribution is 5.78. The van der Waals surface area contributed by atoms with Crippen LogP contribution in [0, 0.1) is 0 Å². The van der Waals surface area contributed by atoms with Crippen LogP contribution in [0.5, 0.6) is 0 Å². The number of nitrogens with zero attached hydrogens (tertiary/aromatic N) is 2. The molecule has 1 aliphatic rings. The fourth-order valence-electron chi connectivity index (χ4n) is 1.81. The molecule has 0 spiro atoms. The van der Waals surface area contributed by atoms with E-state index in [1.54, 1.807) is 0 Å². The highest BCUT2D eigenvalue weighted by Gasteiger charge is 2.22. The van der Waals surface area contributed by atoms with Crippen LogP contribution < -0.4 is 5.32 Å². The smallest absolute Gasteiger partial charge is 0.236 e. The number of carbonyl (C=O) groups is 1. The predicted octanol–water partition coefficient (Wildman–Crippen LogP) is -0.242. The van der Waals surface area contributed by atoms with E-state index in [2.05, 4.69) is 5.32 Å². The molecule has 1 aliphatic heterocycles. The monoisotopic (exact) mass is 199 g/mol. The average Bonchev–Trinajstić information content (AvgIpc) is 2.17. The van der Waals surface area contributed by atoms with Gasteiger partial charge in [0.1, 0.15) is 0 Å². The summed E-state index contributed by atoms with van der Waals surface area (Å²) in [7, 11) is 5.82. The van der Waals surface area contributed by atoms with E-state index >= 15 is 0 Å². The first kappa shape index (κ1) is 11.5. The third kappa shape index (κ3) is 3.27. The van der Waals surface area contributed by atoms with Gasteiger partial charge < -0.3 is 15.1 Å². The third-order valence-electron chi connectivity index (χ3n) is 2.63. The topological polar surface area (TPSA) is 35.6 Å². The molecule has 1 fully saturated rings. The zero-order valence-electron chi connectivity index (χ0n) is 9.42. The van der Waals surface area contributed by atoms with E-state index in [0.29, 0.717) is 12.6 Å². The Morgan fingerprint density at radius 3 is 2.86 bits per heavy atom. The maximum Gasteiger partial charge on any atom is 0.236 e. The summed E-state index contributed by atoms with van der Waals surface area (Å²) < 4.78 is 0. The summed E-state index contributed by atoms with van der Waals surface area (Å²) in [5, 5.41) is 3.23. The summed E-state index contributed by atoms with van der Waals surface area (Å²) in [5.41, 5.74) is 0. The van der Waals surface area contributed by atoms with Gasteiger partial charge in [0.2, 0.25) is 5.91 Å². The number of rotatable bonds is 3. The average molecular weight is 199 g/mol. The molecule has 0 aromatic carbocycles. The molecule has 0 saturated carbocycles. The Labute approximate surface area is 86.2 Å². The second-order valence-corrected chi connectivity index (χ2v) is 4.21. The van der Waals surface area contributed by atoms with Crippen LogP contribution in [-0.4, -0.2) is 62.5 Å². The number of hydrogen-bond acceptors (Lipinski definition) is 3. The lowest BCUT2D eigenvalue weighted by Gasteiger charge is -2.33. The van der Waals surface area contributed by atoms with Gasteiger partial charge in [0.15, 0.2) is 0 Å². The SMILES string of the molecule is CNC1CCCN(C(=O)CN(C)C)C1. The van der Waals surface area contributed by atoms with Crippen molar-refractivity contribution in [2.75, 3.05) is 40.8 Å². The van der Waals surface area contributed by atoms with Crippen LogP contribution in [0.2, 0.25) is 0 Å². The van der Waals surface area contributed by atoms with Crippen molar-refractivity contribution in [1.82, 2.24) is 15.1 Å². The van der Waals surface area contributed by atoms with Gasteiger partial charge in [-0.3, -0.25) is 4.79 Å². The molecule has 1 saturated heterocycles. The largest absolute Gasteiger partial charge is 0.340 e. The molecule has 1 unspecified atom stereocenters. The fraction of sp³-hybridized carbons (Fsp3) is 0.900. The van der Waals surface area contributed by atoms with Gasteiger partial charge in [-0.2, -0.15) is 0 Å². The lowest BCUT2D eigenvalue weighted by atomic mass is 10.1. The summed E-state index contributed by atoms with van der Waals surface area (Å²) in [4.78, 5) is 15.6. The van der Waals surface area contributed by atoms with Crippen LogP contribution in [0.4, 0.5) is 0 Å². The Morgan fingerprint density at radius 1 is 1.57 bits per heavy atom. The van der Waals surface area contributed by atoms with Crippen molar-refractivity contribution in [2.24, 2.45) is 0 Å². The quantitative estimate of drug-likeness (QED) is 0.681. The molecule has 0 radical (unpaired) electrons. The van der Waals surface area contributed by atoms with Crippen LogP contribution in [-0.2, 0) is 4.79 Å². The van der Waals surface area contributed by atoms with Crippen molar-refractivity contribution in [3.8, 4) is 0 Å². The second-order valence-electron chi connectivity index (χ2n) is 4.21. The van der Waals surface area contributed by atoms with E-state index < -0.39 is 0 Å². The molecule has 1 heterocycles. The first-order valence-corrected chi connectivity index (χ1v) is 5.23. The minimum atomic E-state index is 0.245. The molecule has 0 aliphatic carbocycles. The van der Waals surface area contributed by atoms with Crippen molar-refractivity contribution in [3.05, 3.63) is 0 Å². The molecule has 0 aromatic heterocycles. The number of hydrogen-bond donors (Lipinski definition) is 1. The maximum absolute atomic E-state index is 11.7. The van der Waals surface area contributed by atoms with Gasteiger partial charge in [-0.05, 0) is 34.0 Å². The van der Waals surface area contributed by atoms with Crippen LogP contribution in [0.1, 0.15) is 12.8 Å². The summed E-state index contributed by atoms with van der Waals surface area (Å²) in [6.45, 7) is 2.31. The fourth-order valence-corrected chi connectivity index (χ4v) is 1.81. The Bertz CT molecular complexity index is 194. The van der Waals surface area contributed by atoms with E-state index in [4.69, 9.17) is 0 Å². The molecule has 0 aromatic rings. The first-order valence-electron chi connectivity index (χ1n) is 5.23. The van der Waals surface area contributed by atoms with E-state index in [9.17, 15) is 4.79 Å². The van der Waals surface area contributed by atoms with Crippen LogP contribution in [0.3, 0.4) is 0 Å². The predicted molar refractivity (Wildman–Crippen MR) is 57.2 cm³/mol. The highest BCUT2D eigenvalue weighted by atomic mass is 16.2. The number of piperidine rings is 1. The maximum atomic E-state index is 11.7. The van der Waals surface area contributed by atoms with Gasteiger partial charge in [0.05, 0.1) is 6.54 Å². The van der Waals surface area contributed by atoms with Gasteiger partial charge >= 0.3 is 0 Å². The van der Waals surface area contributed by atoms with Crippen molar-refractivity contribution in [3.63, 3.8) is 0 Å². The van der Waals surface area contributed by atoms with Gasteiger partial charge in [0.25, 0.3) is 0 Å². The molecule has 4 heteroatoms. The van der Waals surface area contributed by atoms with Crippen molar-refractivity contribution < 1.29 is 4.79 Å². The standard InChI is InChI=1S/C10H21N3O/c1-11-9-5-4-6-13(7-9)10(14)8-12(2)3/h9,11H,4-8H2,1-3H3. The number of carbonyl (C=O) groups excluding carboxylic acids is 1. The first-order chi connectivity index (χ1) is 6.63. The summed E-state index contributed by atoms with van der Waals surface area (Å²) >= 11 is 0. The molecule has 1 N–H and O–H groups in total. The van der Waals surface area contributed by atoms with Crippen LogP contribution >= 0.6 is 0 Å². The molecule has 14 heavy (non-hydrogen) atoms. The summed E-state index contributed by atoms with van der Waals surface area (Å²) in [6, 6.07) is 0.481. The zero-order chi connectivity index (χ0) is 10.6. The molecule has 4 nitrogen and oxygen atoms in total. The van der Waals surface area contributed by atoms with E-state index in [1.165, 1.54) is 6.42 Å². The minimum absolute atomic E-state index is 0.245. The summed E-state index contributed by atoms with van der Waals surface area (Å²) in [6.07, 6.45) is 2.30. The highest BCUT2D eigenvalue weighted by Crippen LogP contribution is 2.09. The van der Waals surface area contributed by atoms with E-state index in [1.807, 2.05) is 30.9 Å². The van der Waals surface area contributed by atoms with Crippen molar-refractivity contribution in [1.29, 1.82) is 0 Å². The van der Waals surface area contributed by atoms with Crippen molar-refractivity contribution >= 4 is 5.91 Å². The molecular weight excluding hydrogens is 178 g/mol. The molecule has 1 atom stereocenters. The normalized spacial score (nSPS) is 22.9. The minimum Gasteiger partial charge on any atom is -0.340 e. The van der Waals surface area contributed by atoms with Crippen LogP contribution in [0.25, 0.3) is 0 Å². The lowest BCUT2D eigenvalue weighted by Crippen LogP contribution is -2.49. The van der Waals surface area contributed by atoms with Gasteiger partial charge in [0, 0.05) is 19.1 Å². The Hall–Kier alpha value is -0.610. The number of amides is 1. The Kier molecular flexibility index (Phi) is 4.35. The number of likely N-dealkylation sites (tertiary alicyclic amines) is 1. The number of likely N-dealkylation sites (N-methyl/N-ethyl adjacent to an activating group) is 2. The van der Waals surface area contributed by atoms with Gasteiger partial charge in [-0.25, -0.2) is 0 Å². The van der Waals surface area contributed by atoms with Gasteiger partial charge in [-0.1, -0.05) is 0 Å². The molecule has 82 valence electrons. The van der Waals surface area contributed by atoms with E-state index in [-0.39, 0.29) is 5.91 Å². The third-order valence-corrected chi connectivity index (χ3v) is 2.63. The van der Waals surface area contributed by atoms with E-state index in [0.717, 1.165) is 19.5 Å². The van der Waals surface area contributed by atoms with Crippen LogP contribution in [0.15, 0.2) is 0 Å². The zero-order valence-corrected chi connectivity index (χ0v) is 9.42. The Morgan fingerprint density at radius 2 is 2.29 bits per heavy atom. The van der Waals surface area contributed by atoms with Gasteiger partial charge in [-0.15, -0.1) is 0 Å². The summed E-state index contributed by atoms with van der Waals surface area (Å²) in [5.74, 6) is 0.245. The van der Waals surface area contributed by atoms with Crippen molar-refractivity contribution in [2.45, 2.75) is 18.9 Å². The lowest BCUT2D eigenvalue weighted by molar-refractivity contribution is -0.133. The Balaban J connectivity index is 2.39. The molecular formula is C10H21N3O. The molecule has 0 bridgehead atoms. The second kappa shape index (κ2) is 5.32. The molecule has 1 amide bonds. The number of nitrogens with one attached hydrogen (secondary N) is 1. The molecule has 1 rings (SSSR count).